The fourth-order valence-corrected chi connectivity index (χ4v) is 7.83. The number of anilines is 4. The number of benzene rings is 5. The first-order valence-electron chi connectivity index (χ1n) is 19.4. The summed E-state index contributed by atoms with van der Waals surface area (Å²) >= 11 is 0. The number of allylic oxidation sites excluding steroid dienone is 7. The van der Waals surface area contributed by atoms with E-state index in [1.165, 1.54) is 33.8 Å². The molecule has 0 radical (unpaired) electrons. The van der Waals surface area contributed by atoms with Gasteiger partial charge in [0.2, 0.25) is 0 Å². The maximum absolute atomic E-state index is 5.48. The van der Waals surface area contributed by atoms with Crippen LogP contribution in [0, 0.1) is 6.92 Å². The van der Waals surface area contributed by atoms with Crippen molar-refractivity contribution in [1.82, 2.24) is 16.2 Å². The summed E-state index contributed by atoms with van der Waals surface area (Å²) in [6.45, 7) is 2.74. The van der Waals surface area contributed by atoms with Crippen molar-refractivity contribution >= 4 is 34.2 Å². The van der Waals surface area contributed by atoms with Crippen molar-refractivity contribution in [3.63, 3.8) is 0 Å². The number of aryl methyl sites for hydroxylation is 1. The normalized spacial score (nSPS) is 22.2. The number of aliphatic imine (C=N–C) groups is 1. The lowest BCUT2D eigenvalue weighted by Gasteiger charge is -2.29. The molecule has 5 aromatic carbocycles. The summed E-state index contributed by atoms with van der Waals surface area (Å²) in [6.07, 6.45) is 20.0. The molecule has 9 rings (SSSR count). The summed E-state index contributed by atoms with van der Waals surface area (Å²) in [5.74, 6) is 0.806. The van der Waals surface area contributed by atoms with E-state index in [1.54, 1.807) is 0 Å². The number of para-hydroxylation sites is 2. The Morgan fingerprint density at radius 2 is 1.31 bits per heavy atom. The quantitative estimate of drug-likeness (QED) is 0.132. The van der Waals surface area contributed by atoms with Crippen molar-refractivity contribution in [3.8, 4) is 0 Å². The average Bonchev–Trinajstić information content (AvgIpc) is 3.93. The van der Waals surface area contributed by atoms with E-state index in [0.29, 0.717) is 6.54 Å². The predicted molar refractivity (Wildman–Crippen MR) is 228 cm³/mol. The fraction of sp³-hybridized carbons (Fsp3) is 0.163. The van der Waals surface area contributed by atoms with E-state index in [9.17, 15) is 0 Å². The largest absolute Gasteiger partial charge is 0.314 e. The standard InChI is InChI=1S/C49H46N6/c1-36-22-24-38(25-23-36)48-52-49(40-28-32-46(33-29-40)55(43-18-10-4-11-19-43)44-20-12-5-13-21-44)47(51-49)34-39(35-50-53-48)37-26-30-45(31-27-37)54(41-14-6-2-7-15-41)42-16-8-3-9-17-42/h2-4,6-8,10-12,14-16,18-34,47,50-51H,5,9,13,17,35H2,1H3,(H,52,53)/b39-34+. The van der Waals surface area contributed by atoms with Crippen molar-refractivity contribution in [3.05, 3.63) is 210 Å². The number of nitrogens with one attached hydrogen (secondary N) is 3. The highest BCUT2D eigenvalue weighted by Crippen LogP contribution is 2.44. The molecule has 0 aromatic heterocycles. The number of rotatable bonds is 9. The Hall–Kier alpha value is -6.21. The van der Waals surface area contributed by atoms with Gasteiger partial charge in [-0.25, -0.2) is 10.4 Å². The first kappa shape index (κ1) is 34.6. The van der Waals surface area contributed by atoms with Gasteiger partial charge in [0.1, 0.15) is 5.84 Å². The minimum Gasteiger partial charge on any atom is -0.314 e. The van der Waals surface area contributed by atoms with E-state index in [-0.39, 0.29) is 6.04 Å². The van der Waals surface area contributed by atoms with Gasteiger partial charge >= 0.3 is 0 Å². The van der Waals surface area contributed by atoms with Crippen molar-refractivity contribution in [2.24, 2.45) is 4.99 Å². The molecule has 5 aromatic rings. The van der Waals surface area contributed by atoms with Gasteiger partial charge in [-0.1, -0.05) is 121 Å². The highest BCUT2D eigenvalue weighted by atomic mass is 15.4. The molecule has 0 amide bonds. The Morgan fingerprint density at radius 1 is 0.655 bits per heavy atom. The van der Waals surface area contributed by atoms with E-state index >= 15 is 0 Å². The molecule has 1 saturated heterocycles. The van der Waals surface area contributed by atoms with E-state index < -0.39 is 5.66 Å². The smallest absolute Gasteiger partial charge is 0.158 e. The Kier molecular flexibility index (Phi) is 9.59. The molecule has 0 spiro atoms. The Morgan fingerprint density at radius 3 is 1.98 bits per heavy atom. The van der Waals surface area contributed by atoms with E-state index in [2.05, 4.69) is 209 Å². The third kappa shape index (κ3) is 7.22. The van der Waals surface area contributed by atoms with Crippen LogP contribution in [0.4, 0.5) is 22.7 Å². The van der Waals surface area contributed by atoms with E-state index in [4.69, 9.17) is 4.99 Å². The summed E-state index contributed by atoms with van der Waals surface area (Å²) in [4.78, 5) is 10.2. The highest BCUT2D eigenvalue weighted by molar-refractivity contribution is 5.99. The predicted octanol–water partition coefficient (Wildman–Crippen LogP) is 10.5. The molecular formula is C49H46N6. The van der Waals surface area contributed by atoms with Gasteiger partial charge in [0.15, 0.2) is 5.66 Å². The van der Waals surface area contributed by atoms with Gasteiger partial charge in [-0.15, -0.1) is 0 Å². The maximum atomic E-state index is 5.48. The molecule has 2 atom stereocenters. The molecule has 1 fully saturated rings. The molecule has 2 aliphatic carbocycles. The van der Waals surface area contributed by atoms with Gasteiger partial charge in [0.05, 0.1) is 6.04 Å². The summed E-state index contributed by atoms with van der Waals surface area (Å²) in [5.41, 5.74) is 19.2. The number of nitrogens with zero attached hydrogens (tertiary/aromatic N) is 3. The minimum absolute atomic E-state index is 0.00406. The second kappa shape index (κ2) is 15.3. The van der Waals surface area contributed by atoms with Crippen LogP contribution in [0.3, 0.4) is 0 Å². The van der Waals surface area contributed by atoms with Crippen LogP contribution < -0.4 is 26.0 Å². The Balaban J connectivity index is 1.06. The Bertz CT molecular complexity index is 2320. The van der Waals surface area contributed by atoms with Gasteiger partial charge in [0.25, 0.3) is 0 Å². The van der Waals surface area contributed by atoms with Crippen LogP contribution in [0.15, 0.2) is 192 Å². The molecule has 4 aliphatic rings. The molecular weight excluding hydrogens is 673 g/mol. The number of hydrogen-bond donors (Lipinski definition) is 3. The zero-order chi connectivity index (χ0) is 37.0. The number of hydrogen-bond acceptors (Lipinski definition) is 6. The van der Waals surface area contributed by atoms with Crippen LogP contribution in [0.2, 0.25) is 0 Å². The Labute approximate surface area is 324 Å². The minimum atomic E-state index is -0.629. The molecule has 2 heterocycles. The lowest BCUT2D eigenvalue weighted by Crippen LogP contribution is -2.39. The van der Waals surface area contributed by atoms with Crippen LogP contribution in [-0.2, 0) is 5.66 Å². The third-order valence-corrected chi connectivity index (χ3v) is 10.8. The first-order valence-corrected chi connectivity index (χ1v) is 19.4. The topological polar surface area (TPSA) is 64.8 Å². The zero-order valence-electron chi connectivity index (χ0n) is 31.2. The summed E-state index contributed by atoms with van der Waals surface area (Å²) in [5, 5.41) is 3.83. The van der Waals surface area contributed by atoms with Crippen molar-refractivity contribution in [1.29, 1.82) is 0 Å². The number of hydrazine groups is 1. The van der Waals surface area contributed by atoms with Crippen LogP contribution in [0.5, 0.6) is 0 Å². The van der Waals surface area contributed by atoms with Gasteiger partial charge in [-0.3, -0.25) is 5.32 Å². The van der Waals surface area contributed by atoms with Crippen molar-refractivity contribution < 1.29 is 0 Å². The molecule has 272 valence electrons. The van der Waals surface area contributed by atoms with Crippen molar-refractivity contribution in [2.45, 2.75) is 44.3 Å². The molecule has 55 heavy (non-hydrogen) atoms. The number of fused-ring (bicyclic) bond motifs is 1. The summed E-state index contributed by atoms with van der Waals surface area (Å²) in [6, 6.07) is 47.8. The molecule has 2 unspecified atom stereocenters. The SMILES string of the molecule is Cc1ccc(/C2=N/C3(c4ccc(N(C5=CCCC=C5)c5ccccc5)cc4)NC3/C=C(/c3ccc(N(C4=CC=CCC4)c4ccccc4)cc3)CNN2)cc1. The van der Waals surface area contributed by atoms with Crippen LogP contribution in [0.25, 0.3) is 5.57 Å². The molecule has 6 heteroatoms. The van der Waals surface area contributed by atoms with Gasteiger partial charge in [0, 0.05) is 46.3 Å². The van der Waals surface area contributed by atoms with Crippen LogP contribution >= 0.6 is 0 Å². The van der Waals surface area contributed by atoms with Crippen molar-refractivity contribution in [2.75, 3.05) is 16.3 Å². The fourth-order valence-electron chi connectivity index (χ4n) is 7.83. The summed E-state index contributed by atoms with van der Waals surface area (Å²) < 4.78 is 0. The molecule has 0 saturated carbocycles. The lowest BCUT2D eigenvalue weighted by molar-refractivity contribution is 0.677. The van der Waals surface area contributed by atoms with Gasteiger partial charge in [-0.05, 0) is 110 Å². The number of amidine groups is 1. The lowest BCUT2D eigenvalue weighted by atomic mass is 9.98. The monoisotopic (exact) mass is 718 g/mol. The first-order chi connectivity index (χ1) is 27.1. The van der Waals surface area contributed by atoms with Crippen LogP contribution in [0.1, 0.15) is 47.9 Å². The third-order valence-electron chi connectivity index (χ3n) is 10.8. The summed E-state index contributed by atoms with van der Waals surface area (Å²) in [7, 11) is 0. The molecule has 3 N–H and O–H groups in total. The van der Waals surface area contributed by atoms with Crippen LogP contribution in [-0.4, -0.2) is 18.4 Å². The second-order valence-corrected chi connectivity index (χ2v) is 14.6. The van der Waals surface area contributed by atoms with E-state index in [0.717, 1.165) is 59.7 Å². The van der Waals surface area contributed by atoms with E-state index in [1.807, 2.05) is 0 Å². The highest BCUT2D eigenvalue weighted by Gasteiger charge is 2.55. The maximum Gasteiger partial charge on any atom is 0.158 e. The average molecular weight is 719 g/mol. The van der Waals surface area contributed by atoms with Gasteiger partial charge in [-0.2, -0.15) is 0 Å². The second-order valence-electron chi connectivity index (χ2n) is 14.6. The molecule has 0 bridgehead atoms. The van der Waals surface area contributed by atoms with Gasteiger partial charge < -0.3 is 15.2 Å². The molecule has 6 nitrogen and oxygen atoms in total. The zero-order valence-corrected chi connectivity index (χ0v) is 31.2. The molecule has 2 aliphatic heterocycles.